The van der Waals surface area contributed by atoms with Crippen LogP contribution in [0.3, 0.4) is 0 Å². The number of rotatable bonds is 8. The molecule has 2 amide bonds. The van der Waals surface area contributed by atoms with Crippen LogP contribution in [0.15, 0.2) is 0 Å². The van der Waals surface area contributed by atoms with Gasteiger partial charge >= 0.3 is 0 Å². The molecule has 0 aromatic rings. The Morgan fingerprint density at radius 2 is 1.33 bits per heavy atom. The Morgan fingerprint density at radius 1 is 0.933 bits per heavy atom. The topological polar surface area (TPSA) is 76.7 Å². The third-order valence-electron chi connectivity index (χ3n) is 1.58. The molecule has 0 aromatic carbocycles. The van der Waals surface area contributed by atoms with E-state index in [4.69, 9.17) is 9.47 Å². The summed E-state index contributed by atoms with van der Waals surface area (Å²) in [5.41, 5.74) is 0. The van der Waals surface area contributed by atoms with Gasteiger partial charge in [0.15, 0.2) is 0 Å². The lowest BCUT2D eigenvalue weighted by Crippen LogP contribution is -2.34. The van der Waals surface area contributed by atoms with Gasteiger partial charge in [-0.05, 0) is 0 Å². The van der Waals surface area contributed by atoms with Crippen LogP contribution < -0.4 is 10.6 Å². The molecule has 0 aliphatic heterocycles. The van der Waals surface area contributed by atoms with Gasteiger partial charge in [-0.2, -0.15) is 0 Å². The summed E-state index contributed by atoms with van der Waals surface area (Å²) < 4.78 is 9.49. The Morgan fingerprint density at radius 3 is 1.67 bits per heavy atom. The molecule has 0 saturated carbocycles. The molecule has 0 aliphatic carbocycles. The summed E-state index contributed by atoms with van der Waals surface area (Å²) >= 11 is 0. The molecule has 0 atom stereocenters. The Labute approximate surface area is 89.3 Å². The molecule has 0 bridgehead atoms. The molecule has 0 unspecified atom stereocenters. The van der Waals surface area contributed by atoms with E-state index in [1.807, 2.05) is 0 Å². The van der Waals surface area contributed by atoms with E-state index in [2.05, 4.69) is 10.6 Å². The zero-order valence-electron chi connectivity index (χ0n) is 9.17. The molecule has 0 rings (SSSR count). The van der Waals surface area contributed by atoms with E-state index in [-0.39, 0.29) is 18.2 Å². The SMILES string of the molecule is COCCNC(=O)CC(=O)NCCOC. The molecule has 15 heavy (non-hydrogen) atoms. The first kappa shape index (κ1) is 13.9. The van der Waals surface area contributed by atoms with E-state index in [0.29, 0.717) is 26.3 Å². The van der Waals surface area contributed by atoms with Crippen molar-refractivity contribution in [3.63, 3.8) is 0 Å². The molecule has 0 spiro atoms. The van der Waals surface area contributed by atoms with Crippen molar-refractivity contribution in [3.8, 4) is 0 Å². The van der Waals surface area contributed by atoms with Crippen molar-refractivity contribution in [2.45, 2.75) is 6.42 Å². The Bertz CT molecular complexity index is 177. The van der Waals surface area contributed by atoms with Crippen LogP contribution >= 0.6 is 0 Å². The van der Waals surface area contributed by atoms with Crippen LogP contribution in [0.2, 0.25) is 0 Å². The van der Waals surface area contributed by atoms with Crippen LogP contribution in [0.5, 0.6) is 0 Å². The zero-order chi connectivity index (χ0) is 11.5. The number of carbonyl (C=O) groups excluding carboxylic acids is 2. The van der Waals surface area contributed by atoms with Gasteiger partial charge in [-0.1, -0.05) is 0 Å². The van der Waals surface area contributed by atoms with Crippen LogP contribution in [0, 0.1) is 0 Å². The highest BCUT2D eigenvalue weighted by atomic mass is 16.5. The highest BCUT2D eigenvalue weighted by Gasteiger charge is 2.07. The monoisotopic (exact) mass is 218 g/mol. The standard InChI is InChI=1S/C9H18N2O4/c1-14-5-3-10-8(12)7-9(13)11-4-6-15-2/h3-7H2,1-2H3,(H,10,12)(H,11,13). The van der Waals surface area contributed by atoms with Crippen LogP contribution in [0.1, 0.15) is 6.42 Å². The van der Waals surface area contributed by atoms with E-state index in [1.54, 1.807) is 14.2 Å². The zero-order valence-corrected chi connectivity index (χ0v) is 9.17. The fourth-order valence-corrected chi connectivity index (χ4v) is 0.856. The summed E-state index contributed by atoms with van der Waals surface area (Å²) in [6, 6.07) is 0. The first-order valence-electron chi connectivity index (χ1n) is 4.72. The number of nitrogens with one attached hydrogen (secondary N) is 2. The molecule has 0 fully saturated rings. The maximum Gasteiger partial charge on any atom is 0.229 e. The summed E-state index contributed by atoms with van der Waals surface area (Å²) in [7, 11) is 3.09. The lowest BCUT2D eigenvalue weighted by atomic mass is 10.3. The van der Waals surface area contributed by atoms with Gasteiger partial charge in [0.25, 0.3) is 0 Å². The van der Waals surface area contributed by atoms with Gasteiger partial charge in [-0.15, -0.1) is 0 Å². The number of amides is 2. The van der Waals surface area contributed by atoms with Crippen molar-refractivity contribution in [2.75, 3.05) is 40.5 Å². The Kier molecular flexibility index (Phi) is 8.70. The molecule has 6 nitrogen and oxygen atoms in total. The van der Waals surface area contributed by atoms with Crippen molar-refractivity contribution in [1.29, 1.82) is 0 Å². The highest BCUT2D eigenvalue weighted by molar-refractivity contribution is 5.96. The van der Waals surface area contributed by atoms with Gasteiger partial charge in [-0.3, -0.25) is 9.59 Å². The average Bonchev–Trinajstić information content (AvgIpc) is 2.18. The van der Waals surface area contributed by atoms with E-state index < -0.39 is 0 Å². The summed E-state index contributed by atoms with van der Waals surface area (Å²) in [4.78, 5) is 22.2. The first-order chi connectivity index (χ1) is 7.20. The number of methoxy groups -OCH3 is 2. The quantitative estimate of drug-likeness (QED) is 0.400. The smallest absolute Gasteiger partial charge is 0.229 e. The van der Waals surface area contributed by atoms with Gasteiger partial charge in [0, 0.05) is 27.3 Å². The Balaban J connectivity index is 3.45. The second kappa shape index (κ2) is 9.42. The fraction of sp³-hybridized carbons (Fsp3) is 0.778. The predicted molar refractivity (Wildman–Crippen MR) is 54.4 cm³/mol. The second-order valence-corrected chi connectivity index (χ2v) is 2.86. The molecule has 0 aromatic heterocycles. The normalized spacial score (nSPS) is 9.73. The van der Waals surface area contributed by atoms with Gasteiger partial charge in [0.2, 0.25) is 11.8 Å². The lowest BCUT2D eigenvalue weighted by molar-refractivity contribution is -0.129. The van der Waals surface area contributed by atoms with E-state index in [1.165, 1.54) is 0 Å². The molecular weight excluding hydrogens is 200 g/mol. The number of hydrogen-bond donors (Lipinski definition) is 2. The third kappa shape index (κ3) is 9.17. The van der Waals surface area contributed by atoms with Gasteiger partial charge in [0.05, 0.1) is 13.2 Å². The van der Waals surface area contributed by atoms with Crippen molar-refractivity contribution in [2.24, 2.45) is 0 Å². The summed E-state index contributed by atoms with van der Waals surface area (Å²) in [5.74, 6) is -0.607. The number of ether oxygens (including phenoxy) is 2. The molecule has 88 valence electrons. The summed E-state index contributed by atoms with van der Waals surface area (Å²) in [5, 5.41) is 5.10. The minimum atomic E-state index is -0.304. The summed E-state index contributed by atoms with van der Waals surface area (Å²) in [6.45, 7) is 1.72. The van der Waals surface area contributed by atoms with Crippen LogP contribution in [0.25, 0.3) is 0 Å². The van der Waals surface area contributed by atoms with Crippen LogP contribution in [0.4, 0.5) is 0 Å². The van der Waals surface area contributed by atoms with Gasteiger partial charge < -0.3 is 20.1 Å². The van der Waals surface area contributed by atoms with Gasteiger partial charge in [-0.25, -0.2) is 0 Å². The van der Waals surface area contributed by atoms with Crippen molar-refractivity contribution in [3.05, 3.63) is 0 Å². The van der Waals surface area contributed by atoms with Crippen LogP contribution in [-0.4, -0.2) is 52.3 Å². The van der Waals surface area contributed by atoms with Gasteiger partial charge in [0.1, 0.15) is 6.42 Å². The maximum atomic E-state index is 11.1. The van der Waals surface area contributed by atoms with E-state index in [0.717, 1.165) is 0 Å². The van der Waals surface area contributed by atoms with Crippen molar-refractivity contribution >= 4 is 11.8 Å². The molecule has 6 heteroatoms. The van der Waals surface area contributed by atoms with Crippen LogP contribution in [-0.2, 0) is 19.1 Å². The summed E-state index contributed by atoms with van der Waals surface area (Å²) in [6.07, 6.45) is -0.159. The van der Waals surface area contributed by atoms with E-state index in [9.17, 15) is 9.59 Å². The molecule has 0 radical (unpaired) electrons. The molecule has 0 aliphatic rings. The van der Waals surface area contributed by atoms with Crippen molar-refractivity contribution < 1.29 is 19.1 Å². The predicted octanol–water partition coefficient (Wildman–Crippen LogP) is -1.10. The average molecular weight is 218 g/mol. The molecule has 2 N–H and O–H groups in total. The molecular formula is C9H18N2O4. The van der Waals surface area contributed by atoms with E-state index >= 15 is 0 Å². The third-order valence-corrected chi connectivity index (χ3v) is 1.58. The molecule has 0 heterocycles. The second-order valence-electron chi connectivity index (χ2n) is 2.86. The fourth-order valence-electron chi connectivity index (χ4n) is 0.856. The maximum absolute atomic E-state index is 11.1. The lowest BCUT2D eigenvalue weighted by Gasteiger charge is -2.05. The minimum absolute atomic E-state index is 0.159. The number of carbonyl (C=O) groups is 2. The largest absolute Gasteiger partial charge is 0.383 e. The Hall–Kier alpha value is -1.14. The first-order valence-corrected chi connectivity index (χ1v) is 4.72. The number of hydrogen-bond acceptors (Lipinski definition) is 4. The van der Waals surface area contributed by atoms with Crippen molar-refractivity contribution in [1.82, 2.24) is 10.6 Å². The highest BCUT2D eigenvalue weighted by Crippen LogP contribution is 1.80. The minimum Gasteiger partial charge on any atom is -0.383 e. The molecule has 0 saturated heterocycles.